The molecule has 1 heterocycles. The summed E-state index contributed by atoms with van der Waals surface area (Å²) in [7, 11) is 0. The molecule has 1 N–H and O–H groups in total. The summed E-state index contributed by atoms with van der Waals surface area (Å²) in [6, 6.07) is 10.0. The van der Waals surface area contributed by atoms with Crippen molar-refractivity contribution in [3.8, 4) is 0 Å². The molecular weight excluding hydrogens is 356 g/mol. The van der Waals surface area contributed by atoms with Crippen molar-refractivity contribution >= 4 is 5.91 Å². The zero-order valence-electron chi connectivity index (χ0n) is 18.0. The maximum atomic E-state index is 12.9. The molecule has 0 saturated carbocycles. The molecule has 0 aromatic heterocycles. The minimum Gasteiger partial charge on any atom is -0.359 e. The van der Waals surface area contributed by atoms with Gasteiger partial charge in [0.15, 0.2) is 0 Å². The molecule has 1 atom stereocenters. The van der Waals surface area contributed by atoms with Crippen molar-refractivity contribution in [1.82, 2.24) is 10.2 Å². The SMILES string of the molecule is C=CCN(Cc1ccccc1)C(=O)CC1=CC(C)/C(=C/C=C\CC(C)C)C(=C)N1. The fourth-order valence-corrected chi connectivity index (χ4v) is 3.34. The number of nitrogens with zero attached hydrogens (tertiary/aromatic N) is 1. The van der Waals surface area contributed by atoms with Crippen molar-refractivity contribution in [2.75, 3.05) is 6.54 Å². The molecule has 0 radical (unpaired) electrons. The van der Waals surface area contributed by atoms with Crippen molar-refractivity contribution in [3.63, 3.8) is 0 Å². The molecule has 1 aliphatic rings. The van der Waals surface area contributed by atoms with Gasteiger partial charge in [0.05, 0.1) is 6.42 Å². The summed E-state index contributed by atoms with van der Waals surface area (Å²) in [5, 5.41) is 3.33. The molecule has 0 spiro atoms. The van der Waals surface area contributed by atoms with E-state index in [4.69, 9.17) is 0 Å². The van der Waals surface area contributed by atoms with Crippen LogP contribution in [0.15, 0.2) is 90.8 Å². The van der Waals surface area contributed by atoms with Crippen LogP contribution in [0.1, 0.15) is 39.2 Å². The molecule has 29 heavy (non-hydrogen) atoms. The highest BCUT2D eigenvalue weighted by Gasteiger charge is 2.21. The Balaban J connectivity index is 2.04. The van der Waals surface area contributed by atoms with Crippen molar-refractivity contribution in [2.24, 2.45) is 11.8 Å². The number of carbonyl (C=O) groups excluding carboxylic acids is 1. The molecule has 0 saturated heterocycles. The van der Waals surface area contributed by atoms with Crippen LogP contribution in [0.3, 0.4) is 0 Å². The fourth-order valence-electron chi connectivity index (χ4n) is 3.34. The smallest absolute Gasteiger partial charge is 0.229 e. The second-order valence-electron chi connectivity index (χ2n) is 7.99. The first-order chi connectivity index (χ1) is 13.9. The van der Waals surface area contributed by atoms with Gasteiger partial charge in [0, 0.05) is 30.4 Å². The Morgan fingerprint density at radius 3 is 2.62 bits per heavy atom. The van der Waals surface area contributed by atoms with E-state index in [1.165, 1.54) is 0 Å². The molecule has 0 aliphatic carbocycles. The van der Waals surface area contributed by atoms with Crippen molar-refractivity contribution in [2.45, 2.75) is 40.2 Å². The molecule has 3 heteroatoms. The average molecular weight is 391 g/mol. The summed E-state index contributed by atoms with van der Waals surface area (Å²) < 4.78 is 0. The highest BCUT2D eigenvalue weighted by atomic mass is 16.2. The third kappa shape index (κ3) is 7.26. The molecule has 3 nitrogen and oxygen atoms in total. The first-order valence-corrected chi connectivity index (χ1v) is 10.4. The molecule has 1 unspecified atom stereocenters. The zero-order chi connectivity index (χ0) is 21.2. The minimum absolute atomic E-state index is 0.0803. The largest absolute Gasteiger partial charge is 0.359 e. The van der Waals surface area contributed by atoms with Crippen LogP contribution in [-0.4, -0.2) is 17.4 Å². The Hall–Kier alpha value is -2.81. The number of allylic oxidation sites excluding steroid dienone is 5. The third-order valence-electron chi connectivity index (χ3n) is 4.88. The van der Waals surface area contributed by atoms with Crippen LogP contribution in [0.25, 0.3) is 0 Å². The van der Waals surface area contributed by atoms with Gasteiger partial charge in [0.25, 0.3) is 0 Å². The number of benzene rings is 1. The highest BCUT2D eigenvalue weighted by molar-refractivity contribution is 5.79. The van der Waals surface area contributed by atoms with E-state index in [1.807, 2.05) is 35.2 Å². The van der Waals surface area contributed by atoms with Gasteiger partial charge in [-0.05, 0) is 23.5 Å². The van der Waals surface area contributed by atoms with E-state index in [-0.39, 0.29) is 11.8 Å². The summed E-state index contributed by atoms with van der Waals surface area (Å²) in [5.74, 6) is 0.954. The molecule has 154 valence electrons. The predicted octanol–water partition coefficient (Wildman–Crippen LogP) is 5.76. The molecule has 0 bridgehead atoms. The lowest BCUT2D eigenvalue weighted by atomic mass is 9.92. The molecule has 1 aromatic rings. The summed E-state index contributed by atoms with van der Waals surface area (Å²) in [6.45, 7) is 15.6. The standard InChI is InChI=1S/C26H34N2O/c1-6-16-28(19-23-13-8-7-9-14-23)26(29)18-24-17-21(4)25(22(5)27-24)15-11-10-12-20(2)3/h6-11,13-15,17,20-21,27H,1,5,12,16,18-19H2,2-4H3/b11-10-,25-15-. The minimum atomic E-state index is 0.0803. The Labute approximate surface area is 176 Å². The molecule has 1 aromatic carbocycles. The molecule has 1 amide bonds. The summed E-state index contributed by atoms with van der Waals surface area (Å²) in [5.41, 5.74) is 4.06. The summed E-state index contributed by atoms with van der Waals surface area (Å²) in [4.78, 5) is 14.7. The Morgan fingerprint density at radius 1 is 1.28 bits per heavy atom. The van der Waals surface area contributed by atoms with Gasteiger partial charge >= 0.3 is 0 Å². The summed E-state index contributed by atoms with van der Waals surface area (Å²) in [6.07, 6.45) is 11.7. The molecular formula is C26H34N2O. The van der Waals surface area contributed by atoms with E-state index >= 15 is 0 Å². The molecule has 1 aliphatic heterocycles. The lowest BCUT2D eigenvalue weighted by molar-refractivity contribution is -0.130. The van der Waals surface area contributed by atoms with Gasteiger partial charge < -0.3 is 10.2 Å². The fraction of sp³-hybridized carbons (Fsp3) is 0.346. The van der Waals surface area contributed by atoms with Gasteiger partial charge in [-0.25, -0.2) is 0 Å². The number of amides is 1. The van der Waals surface area contributed by atoms with Crippen LogP contribution >= 0.6 is 0 Å². The number of carbonyl (C=O) groups is 1. The highest BCUT2D eigenvalue weighted by Crippen LogP contribution is 2.26. The Bertz CT molecular complexity index is 799. The quantitative estimate of drug-likeness (QED) is 0.544. The number of rotatable bonds is 9. The lowest BCUT2D eigenvalue weighted by Crippen LogP contribution is -2.33. The van der Waals surface area contributed by atoms with Gasteiger partial charge in [-0.3, -0.25) is 4.79 Å². The van der Waals surface area contributed by atoms with Gasteiger partial charge in [0.2, 0.25) is 5.91 Å². The van der Waals surface area contributed by atoms with Gasteiger partial charge in [-0.2, -0.15) is 0 Å². The van der Waals surface area contributed by atoms with E-state index in [9.17, 15) is 4.79 Å². The van der Waals surface area contributed by atoms with E-state index in [1.54, 1.807) is 6.08 Å². The average Bonchev–Trinajstić information content (AvgIpc) is 2.67. The van der Waals surface area contributed by atoms with E-state index in [0.717, 1.165) is 29.0 Å². The molecule has 0 fully saturated rings. The maximum absolute atomic E-state index is 12.9. The summed E-state index contributed by atoms with van der Waals surface area (Å²) >= 11 is 0. The third-order valence-corrected chi connectivity index (χ3v) is 4.88. The number of nitrogens with one attached hydrogen (secondary N) is 1. The molecule has 2 rings (SSSR count). The van der Waals surface area contributed by atoms with Crippen LogP contribution in [0.2, 0.25) is 0 Å². The first kappa shape index (κ1) is 22.5. The van der Waals surface area contributed by atoms with E-state index < -0.39 is 0 Å². The first-order valence-electron chi connectivity index (χ1n) is 10.4. The predicted molar refractivity (Wildman–Crippen MR) is 123 cm³/mol. The number of hydrogen-bond acceptors (Lipinski definition) is 2. The second-order valence-corrected chi connectivity index (χ2v) is 7.99. The van der Waals surface area contributed by atoms with E-state index in [2.05, 4.69) is 63.5 Å². The van der Waals surface area contributed by atoms with E-state index in [0.29, 0.717) is 25.4 Å². The second kappa shape index (κ2) is 11.3. The van der Waals surface area contributed by atoms with Crippen molar-refractivity contribution < 1.29 is 4.79 Å². The number of hydrogen-bond donors (Lipinski definition) is 1. The Morgan fingerprint density at radius 2 is 2.00 bits per heavy atom. The Kier molecular flexibility index (Phi) is 8.72. The van der Waals surface area contributed by atoms with Crippen molar-refractivity contribution in [3.05, 3.63) is 96.4 Å². The lowest BCUT2D eigenvalue weighted by Gasteiger charge is -2.27. The van der Waals surface area contributed by atoms with Crippen LogP contribution in [0, 0.1) is 11.8 Å². The van der Waals surface area contributed by atoms with Gasteiger partial charge in [-0.15, -0.1) is 6.58 Å². The zero-order valence-corrected chi connectivity index (χ0v) is 18.0. The monoisotopic (exact) mass is 390 g/mol. The van der Waals surface area contributed by atoms with Crippen LogP contribution in [-0.2, 0) is 11.3 Å². The van der Waals surface area contributed by atoms with Crippen LogP contribution in [0.4, 0.5) is 0 Å². The van der Waals surface area contributed by atoms with Gasteiger partial charge in [-0.1, -0.05) is 88.1 Å². The van der Waals surface area contributed by atoms with Crippen LogP contribution < -0.4 is 5.32 Å². The van der Waals surface area contributed by atoms with Crippen LogP contribution in [0.5, 0.6) is 0 Å². The van der Waals surface area contributed by atoms with Gasteiger partial charge in [0.1, 0.15) is 0 Å². The topological polar surface area (TPSA) is 32.3 Å². The maximum Gasteiger partial charge on any atom is 0.229 e. The van der Waals surface area contributed by atoms with Crippen molar-refractivity contribution in [1.29, 1.82) is 0 Å². The normalized spacial score (nSPS) is 18.1.